The van der Waals surface area contributed by atoms with Gasteiger partial charge in [0.1, 0.15) is 73.2 Å². The first-order valence-corrected chi connectivity index (χ1v) is 33.9. The third-order valence-electron chi connectivity index (χ3n) is 17.3. The summed E-state index contributed by atoms with van der Waals surface area (Å²) >= 11 is 0. The smallest absolute Gasteiger partial charge is 0.220 e. The second-order valence-corrected chi connectivity index (χ2v) is 24.7. The van der Waals surface area contributed by atoms with Gasteiger partial charge in [0.05, 0.1) is 38.6 Å². The molecule has 3 aliphatic heterocycles. The molecule has 17 atom stereocenters. The van der Waals surface area contributed by atoms with E-state index in [9.17, 15) is 61.0 Å². The third-order valence-corrected chi connectivity index (χ3v) is 17.3. The quantitative estimate of drug-likeness (QED) is 0.0202. The van der Waals surface area contributed by atoms with E-state index in [-0.39, 0.29) is 18.9 Å². The molecule has 3 heterocycles. The van der Waals surface area contributed by atoms with Crippen LogP contribution in [0.5, 0.6) is 0 Å². The molecular formula is C65H123NO18. The highest BCUT2D eigenvalue weighted by Gasteiger charge is 2.53. The Hall–Kier alpha value is -1.47. The molecule has 496 valence electrons. The van der Waals surface area contributed by atoms with Crippen molar-refractivity contribution in [3.63, 3.8) is 0 Å². The first kappa shape index (κ1) is 76.8. The largest absolute Gasteiger partial charge is 0.394 e. The first-order chi connectivity index (χ1) is 40.8. The Kier molecular flexibility index (Phi) is 44.2. The van der Waals surface area contributed by atoms with Crippen LogP contribution < -0.4 is 5.32 Å². The van der Waals surface area contributed by atoms with Gasteiger partial charge < -0.3 is 89.9 Å². The molecule has 17 unspecified atom stereocenters. The molecule has 0 spiro atoms. The van der Waals surface area contributed by atoms with E-state index >= 15 is 0 Å². The maximum absolute atomic E-state index is 13.2. The van der Waals surface area contributed by atoms with Crippen LogP contribution in [0.15, 0.2) is 12.2 Å². The second-order valence-electron chi connectivity index (χ2n) is 24.7. The van der Waals surface area contributed by atoms with Crippen molar-refractivity contribution in [2.24, 2.45) is 0 Å². The Bertz CT molecular complexity index is 1580. The molecule has 1 amide bonds. The summed E-state index contributed by atoms with van der Waals surface area (Å²) in [7, 11) is 0. The van der Waals surface area contributed by atoms with Gasteiger partial charge in [0.15, 0.2) is 18.9 Å². The van der Waals surface area contributed by atoms with Gasteiger partial charge in [-0.3, -0.25) is 4.79 Å². The number of nitrogens with one attached hydrogen (secondary N) is 1. The Morgan fingerprint density at radius 1 is 0.417 bits per heavy atom. The normalized spacial score (nSPS) is 29.2. The van der Waals surface area contributed by atoms with E-state index < -0.39 is 124 Å². The van der Waals surface area contributed by atoms with Gasteiger partial charge >= 0.3 is 0 Å². The zero-order valence-corrected chi connectivity index (χ0v) is 52.2. The average Bonchev–Trinajstić information content (AvgIpc) is 3.36. The maximum Gasteiger partial charge on any atom is 0.220 e. The number of allylic oxidation sites excluding steroid dienone is 1. The van der Waals surface area contributed by atoms with Crippen molar-refractivity contribution >= 4 is 5.91 Å². The number of hydrogen-bond acceptors (Lipinski definition) is 18. The molecule has 3 fully saturated rings. The molecule has 12 N–H and O–H groups in total. The summed E-state index contributed by atoms with van der Waals surface area (Å²) in [5.74, 6) is -0.280. The standard InChI is InChI=1S/C65H123NO18/c1-3-5-7-9-10-11-12-13-14-15-16-17-18-19-20-21-22-23-24-25-26-27-28-29-30-31-32-33-34-35-36-37-38-39-41-43-53(71)66-48(49(70)42-40-8-6-4-2)47-79-63-59(77)56(74)61(51(45-68)81-63)84-65-60(78)57(75)62(52(46-69)82-65)83-64-58(76)55(73)54(72)50(44-67)80-64/h40,42,48-52,54-65,67-70,72-78H,3-39,41,43-47H2,1-2H3,(H,66,71)/b42-40+. The minimum absolute atomic E-state index is 0.247. The lowest BCUT2D eigenvalue weighted by molar-refractivity contribution is -0.379. The Morgan fingerprint density at radius 2 is 0.738 bits per heavy atom. The molecule has 0 aliphatic carbocycles. The van der Waals surface area contributed by atoms with Gasteiger partial charge in [0, 0.05) is 6.42 Å². The van der Waals surface area contributed by atoms with Gasteiger partial charge in [-0.2, -0.15) is 0 Å². The van der Waals surface area contributed by atoms with E-state index in [0.29, 0.717) is 12.8 Å². The molecule has 0 radical (unpaired) electrons. The summed E-state index contributed by atoms with van der Waals surface area (Å²) in [5.41, 5.74) is 0. The topological polar surface area (TPSA) is 307 Å². The zero-order chi connectivity index (χ0) is 61.2. The first-order valence-electron chi connectivity index (χ1n) is 33.9. The number of rotatable bonds is 52. The lowest BCUT2D eigenvalue weighted by atomic mass is 9.96. The molecular weight excluding hydrogens is 1080 g/mol. The fraction of sp³-hybridized carbons (Fsp3) is 0.954. The van der Waals surface area contributed by atoms with E-state index in [4.69, 9.17) is 28.4 Å². The fourth-order valence-corrected chi connectivity index (χ4v) is 11.8. The summed E-state index contributed by atoms with van der Waals surface area (Å²) in [4.78, 5) is 13.2. The third kappa shape index (κ3) is 30.8. The minimum Gasteiger partial charge on any atom is -0.394 e. The van der Waals surface area contributed by atoms with Gasteiger partial charge in [0.2, 0.25) is 5.91 Å². The molecule has 3 saturated heterocycles. The van der Waals surface area contributed by atoms with Crippen LogP contribution in [-0.4, -0.2) is 193 Å². The van der Waals surface area contributed by atoms with Gasteiger partial charge in [-0.1, -0.05) is 257 Å². The van der Waals surface area contributed by atoms with Crippen LogP contribution in [0.1, 0.15) is 264 Å². The van der Waals surface area contributed by atoms with E-state index in [2.05, 4.69) is 12.2 Å². The van der Waals surface area contributed by atoms with Crippen LogP contribution in [0.25, 0.3) is 0 Å². The predicted octanol–water partition coefficient (Wildman–Crippen LogP) is 8.11. The number of ether oxygens (including phenoxy) is 6. The molecule has 0 bridgehead atoms. The monoisotopic (exact) mass is 1210 g/mol. The molecule has 0 aromatic rings. The number of unbranched alkanes of at least 4 members (excludes halogenated alkanes) is 36. The summed E-state index contributed by atoms with van der Waals surface area (Å²) in [6.07, 6.45) is 26.4. The number of hydrogen-bond donors (Lipinski definition) is 12. The predicted molar refractivity (Wildman–Crippen MR) is 323 cm³/mol. The van der Waals surface area contributed by atoms with Crippen molar-refractivity contribution < 1.29 is 89.4 Å². The second kappa shape index (κ2) is 48.4. The zero-order valence-electron chi connectivity index (χ0n) is 52.2. The van der Waals surface area contributed by atoms with Crippen LogP contribution in [0, 0.1) is 0 Å². The van der Waals surface area contributed by atoms with Crippen LogP contribution in [-0.2, 0) is 33.2 Å². The van der Waals surface area contributed by atoms with Crippen molar-refractivity contribution in [1.82, 2.24) is 5.32 Å². The summed E-state index contributed by atoms with van der Waals surface area (Å²) in [6, 6.07) is -0.964. The Balaban J connectivity index is 1.23. The average molecular weight is 1210 g/mol. The van der Waals surface area contributed by atoms with Crippen molar-refractivity contribution in [3.05, 3.63) is 12.2 Å². The van der Waals surface area contributed by atoms with Gasteiger partial charge in [-0.05, 0) is 12.8 Å². The number of carbonyl (C=O) groups is 1. The van der Waals surface area contributed by atoms with Crippen molar-refractivity contribution in [2.45, 2.75) is 369 Å². The van der Waals surface area contributed by atoms with Crippen molar-refractivity contribution in [2.75, 3.05) is 26.4 Å². The van der Waals surface area contributed by atoms with E-state index in [0.717, 1.165) is 32.1 Å². The molecule has 3 aliphatic rings. The van der Waals surface area contributed by atoms with E-state index in [1.54, 1.807) is 6.08 Å². The molecule has 0 aromatic carbocycles. The van der Waals surface area contributed by atoms with Crippen molar-refractivity contribution in [1.29, 1.82) is 0 Å². The number of carbonyl (C=O) groups excluding carboxylic acids is 1. The Labute approximate surface area is 506 Å². The molecule has 0 saturated carbocycles. The van der Waals surface area contributed by atoms with E-state index in [1.165, 1.54) is 199 Å². The van der Waals surface area contributed by atoms with Crippen LogP contribution in [0.3, 0.4) is 0 Å². The van der Waals surface area contributed by atoms with Crippen LogP contribution >= 0.6 is 0 Å². The molecule has 0 aromatic heterocycles. The summed E-state index contributed by atoms with van der Waals surface area (Å²) in [5, 5.41) is 119. The number of aliphatic hydroxyl groups excluding tert-OH is 11. The highest BCUT2D eigenvalue weighted by molar-refractivity contribution is 5.76. The maximum atomic E-state index is 13.2. The van der Waals surface area contributed by atoms with Gasteiger partial charge in [0.25, 0.3) is 0 Å². The van der Waals surface area contributed by atoms with Gasteiger partial charge in [-0.25, -0.2) is 0 Å². The van der Waals surface area contributed by atoms with Crippen LogP contribution in [0.4, 0.5) is 0 Å². The minimum atomic E-state index is -1.97. The Morgan fingerprint density at radius 3 is 1.11 bits per heavy atom. The lowest BCUT2D eigenvalue weighted by Crippen LogP contribution is -2.66. The van der Waals surface area contributed by atoms with Gasteiger partial charge in [-0.15, -0.1) is 0 Å². The van der Waals surface area contributed by atoms with Crippen molar-refractivity contribution in [3.8, 4) is 0 Å². The fourth-order valence-electron chi connectivity index (χ4n) is 11.8. The number of aliphatic hydroxyl groups is 11. The lowest BCUT2D eigenvalue weighted by Gasteiger charge is -2.48. The number of amides is 1. The van der Waals surface area contributed by atoms with E-state index in [1.807, 2.05) is 13.0 Å². The molecule has 19 heteroatoms. The molecule has 84 heavy (non-hydrogen) atoms. The SMILES string of the molecule is CCCC/C=C/C(O)C(COC1OC(CO)C(OC2OC(CO)C(OC3OC(CO)C(O)C(O)C3O)C(O)C2O)C(O)C1O)NC(=O)CCCCCCCCCCCCCCCCCCCCCCCCCCCCCCCCCCCCC. The highest BCUT2D eigenvalue weighted by Crippen LogP contribution is 2.33. The summed E-state index contributed by atoms with van der Waals surface area (Å²) < 4.78 is 34.1. The highest BCUT2D eigenvalue weighted by atomic mass is 16.8. The molecule has 3 rings (SSSR count). The van der Waals surface area contributed by atoms with Crippen LogP contribution in [0.2, 0.25) is 0 Å². The summed E-state index contributed by atoms with van der Waals surface area (Å²) in [6.45, 7) is 1.57. The molecule has 19 nitrogen and oxygen atoms in total.